The Hall–Kier alpha value is -2.40. The van der Waals surface area contributed by atoms with Crippen LogP contribution >= 0.6 is 0 Å². The summed E-state index contributed by atoms with van der Waals surface area (Å²) in [5.41, 5.74) is 3.47. The fourth-order valence-electron chi connectivity index (χ4n) is 7.42. The molecule has 2 saturated carbocycles. The number of benzene rings is 1. The quantitative estimate of drug-likeness (QED) is 0.0945. The van der Waals surface area contributed by atoms with Crippen LogP contribution in [0.1, 0.15) is 141 Å². The number of rotatable bonds is 19. The molecule has 0 saturated heterocycles. The second-order valence-electron chi connectivity index (χ2n) is 14.4. The van der Waals surface area contributed by atoms with Crippen LogP contribution in [0.2, 0.25) is 0 Å². The van der Waals surface area contributed by atoms with Gasteiger partial charge in [0.05, 0.1) is 19.3 Å². The SMILES string of the molecule is C=C(C)C(=O)OCC(CCc1ccc(C2CCC(C3CCC(CCCCC)CC3)CC2)cc1)COC(=O)C(=C)CCCC(C)O. The van der Waals surface area contributed by atoms with Crippen LogP contribution in [0.3, 0.4) is 0 Å². The van der Waals surface area contributed by atoms with E-state index in [-0.39, 0.29) is 19.1 Å². The molecule has 2 aliphatic rings. The maximum absolute atomic E-state index is 12.5. The number of unbranched alkanes of at least 4 members (excludes halogenated alkanes) is 2. The predicted octanol–water partition coefficient (Wildman–Crippen LogP) is 9.67. The second-order valence-corrected chi connectivity index (χ2v) is 14.4. The van der Waals surface area contributed by atoms with E-state index in [9.17, 15) is 14.7 Å². The molecule has 0 heterocycles. The van der Waals surface area contributed by atoms with Gasteiger partial charge in [-0.05, 0) is 119 Å². The van der Waals surface area contributed by atoms with Gasteiger partial charge in [-0.3, -0.25) is 0 Å². The minimum atomic E-state index is -0.428. The van der Waals surface area contributed by atoms with E-state index in [0.717, 1.165) is 30.6 Å². The van der Waals surface area contributed by atoms with E-state index in [1.165, 1.54) is 88.2 Å². The van der Waals surface area contributed by atoms with Crippen molar-refractivity contribution >= 4 is 11.9 Å². The molecular formula is C40H62O5. The lowest BCUT2D eigenvalue weighted by Gasteiger charge is -2.38. The van der Waals surface area contributed by atoms with Crippen molar-refractivity contribution in [3.63, 3.8) is 0 Å². The number of aliphatic hydroxyl groups is 1. The lowest BCUT2D eigenvalue weighted by atomic mass is 9.68. The summed E-state index contributed by atoms with van der Waals surface area (Å²) in [4.78, 5) is 24.5. The molecule has 2 atom stereocenters. The molecule has 2 fully saturated rings. The van der Waals surface area contributed by atoms with Gasteiger partial charge in [-0.2, -0.15) is 0 Å². The van der Waals surface area contributed by atoms with Crippen molar-refractivity contribution in [1.29, 1.82) is 0 Å². The Bertz CT molecular complexity index is 1040. The van der Waals surface area contributed by atoms with Gasteiger partial charge in [0, 0.05) is 17.1 Å². The largest absolute Gasteiger partial charge is 0.462 e. The number of carbonyl (C=O) groups excluding carboxylic acids is 2. The summed E-state index contributed by atoms with van der Waals surface area (Å²) in [6.45, 7) is 13.5. The average molecular weight is 623 g/mol. The number of hydrogen-bond donors (Lipinski definition) is 1. The molecule has 0 bridgehead atoms. The Morgan fingerprint density at radius 1 is 0.844 bits per heavy atom. The van der Waals surface area contributed by atoms with Crippen molar-refractivity contribution in [3.05, 3.63) is 59.7 Å². The summed E-state index contributed by atoms with van der Waals surface area (Å²) in [5, 5.41) is 9.45. The van der Waals surface area contributed by atoms with Gasteiger partial charge in [-0.1, -0.05) is 82.9 Å². The topological polar surface area (TPSA) is 72.8 Å². The van der Waals surface area contributed by atoms with Gasteiger partial charge in [0.15, 0.2) is 0 Å². The van der Waals surface area contributed by atoms with Crippen molar-refractivity contribution in [3.8, 4) is 0 Å². The van der Waals surface area contributed by atoms with Gasteiger partial charge in [0.2, 0.25) is 0 Å². The number of aliphatic hydroxyl groups excluding tert-OH is 1. The summed E-state index contributed by atoms with van der Waals surface area (Å²) in [5.74, 6) is 2.59. The standard InChI is InChI=1S/C40H62O5/c1-6-7-8-12-32-15-19-35(20-16-32)37-23-25-38(26-24-37)36-21-17-33(18-22-36)13-14-34(27-44-39(42)29(2)3)28-45-40(43)30(4)10-9-11-31(5)41/h17-18,21-22,31-32,34-35,37-38,41H,2,4,6-16,19-20,23-28H2,1,3,5H3. The number of aryl methyl sites for hydroxylation is 1. The Morgan fingerprint density at radius 2 is 1.44 bits per heavy atom. The molecule has 0 radical (unpaired) electrons. The van der Waals surface area contributed by atoms with Crippen LogP contribution in [0.5, 0.6) is 0 Å². The van der Waals surface area contributed by atoms with E-state index < -0.39 is 18.0 Å². The predicted molar refractivity (Wildman–Crippen MR) is 184 cm³/mol. The van der Waals surface area contributed by atoms with Gasteiger partial charge in [-0.25, -0.2) is 9.59 Å². The third-order valence-electron chi connectivity index (χ3n) is 10.5. The highest BCUT2D eigenvalue weighted by molar-refractivity contribution is 5.87. The molecule has 2 aliphatic carbocycles. The Balaban J connectivity index is 1.43. The third kappa shape index (κ3) is 13.5. The molecule has 0 amide bonds. The first-order valence-electron chi connectivity index (χ1n) is 18.1. The normalized spacial score (nSPS) is 23.1. The zero-order valence-corrected chi connectivity index (χ0v) is 28.7. The third-order valence-corrected chi connectivity index (χ3v) is 10.5. The minimum absolute atomic E-state index is 0.121. The highest BCUT2D eigenvalue weighted by Gasteiger charge is 2.31. The highest BCUT2D eigenvalue weighted by atomic mass is 16.5. The Labute approximate surface area is 274 Å². The van der Waals surface area contributed by atoms with Crippen LogP contribution in [0.15, 0.2) is 48.6 Å². The fourth-order valence-corrected chi connectivity index (χ4v) is 7.42. The van der Waals surface area contributed by atoms with Gasteiger partial charge >= 0.3 is 11.9 Å². The van der Waals surface area contributed by atoms with E-state index in [4.69, 9.17) is 9.47 Å². The first kappa shape index (κ1) is 37.1. The maximum Gasteiger partial charge on any atom is 0.333 e. The fraction of sp³-hybridized carbons (Fsp3) is 0.700. The van der Waals surface area contributed by atoms with Gasteiger partial charge < -0.3 is 14.6 Å². The van der Waals surface area contributed by atoms with Crippen molar-refractivity contribution in [2.75, 3.05) is 13.2 Å². The van der Waals surface area contributed by atoms with Gasteiger partial charge in [-0.15, -0.1) is 0 Å². The molecule has 1 N–H and O–H groups in total. The average Bonchev–Trinajstić information content (AvgIpc) is 3.04. The molecule has 0 aliphatic heterocycles. The summed E-state index contributed by atoms with van der Waals surface area (Å²) in [6.07, 6.45) is 19.8. The number of hydrogen-bond acceptors (Lipinski definition) is 5. The molecule has 5 heteroatoms. The van der Waals surface area contributed by atoms with Crippen LogP contribution in [-0.2, 0) is 25.5 Å². The summed E-state index contributed by atoms with van der Waals surface area (Å²) < 4.78 is 11.0. The van der Waals surface area contributed by atoms with Crippen LogP contribution in [0, 0.1) is 23.7 Å². The van der Waals surface area contributed by atoms with Gasteiger partial charge in [0.25, 0.3) is 0 Å². The number of esters is 2. The molecule has 0 spiro atoms. The molecule has 2 unspecified atom stereocenters. The van der Waals surface area contributed by atoms with Crippen LogP contribution in [-0.4, -0.2) is 36.4 Å². The lowest BCUT2D eigenvalue weighted by molar-refractivity contribution is -0.144. The molecular weight excluding hydrogens is 560 g/mol. The van der Waals surface area contributed by atoms with E-state index in [0.29, 0.717) is 36.3 Å². The summed E-state index contributed by atoms with van der Waals surface area (Å²) in [6, 6.07) is 9.12. The molecule has 252 valence electrons. The van der Waals surface area contributed by atoms with Crippen molar-refractivity contribution < 1.29 is 24.2 Å². The minimum Gasteiger partial charge on any atom is -0.462 e. The van der Waals surface area contributed by atoms with Crippen molar-refractivity contribution in [2.24, 2.45) is 23.7 Å². The summed E-state index contributed by atoms with van der Waals surface area (Å²) >= 11 is 0. The smallest absolute Gasteiger partial charge is 0.333 e. The molecule has 1 aromatic carbocycles. The van der Waals surface area contributed by atoms with E-state index in [2.05, 4.69) is 44.3 Å². The molecule has 45 heavy (non-hydrogen) atoms. The number of ether oxygens (including phenoxy) is 2. The van der Waals surface area contributed by atoms with Crippen molar-refractivity contribution in [2.45, 2.75) is 142 Å². The molecule has 3 rings (SSSR count). The van der Waals surface area contributed by atoms with E-state index >= 15 is 0 Å². The van der Waals surface area contributed by atoms with Gasteiger partial charge in [0.1, 0.15) is 0 Å². The first-order chi connectivity index (χ1) is 21.7. The molecule has 1 aromatic rings. The zero-order valence-electron chi connectivity index (χ0n) is 28.7. The van der Waals surface area contributed by atoms with Crippen LogP contribution in [0.25, 0.3) is 0 Å². The first-order valence-corrected chi connectivity index (χ1v) is 18.1. The van der Waals surface area contributed by atoms with E-state index in [1.54, 1.807) is 13.8 Å². The second kappa shape index (κ2) is 20.0. The Morgan fingerprint density at radius 3 is 2.02 bits per heavy atom. The Kier molecular flexibility index (Phi) is 16.4. The lowest BCUT2D eigenvalue weighted by Crippen LogP contribution is -2.25. The monoisotopic (exact) mass is 622 g/mol. The molecule has 5 nitrogen and oxygen atoms in total. The van der Waals surface area contributed by atoms with Crippen LogP contribution in [0.4, 0.5) is 0 Å². The zero-order chi connectivity index (χ0) is 32.6. The van der Waals surface area contributed by atoms with Crippen molar-refractivity contribution in [1.82, 2.24) is 0 Å². The highest BCUT2D eigenvalue weighted by Crippen LogP contribution is 2.44. The molecule has 0 aromatic heterocycles. The number of carbonyl (C=O) groups is 2. The maximum atomic E-state index is 12.5. The van der Waals surface area contributed by atoms with E-state index in [1.807, 2.05) is 0 Å². The summed E-state index contributed by atoms with van der Waals surface area (Å²) in [7, 11) is 0. The van der Waals surface area contributed by atoms with Crippen LogP contribution < -0.4 is 0 Å².